The zero-order chi connectivity index (χ0) is 39.2. The van der Waals surface area contributed by atoms with Crippen LogP contribution >= 0.6 is 0 Å². The van der Waals surface area contributed by atoms with Gasteiger partial charge >= 0.3 is 366 Å². The molecule has 0 nitrogen and oxygen atoms in total. The number of benzene rings is 9. The van der Waals surface area contributed by atoms with Gasteiger partial charge in [-0.05, 0) is 0 Å². The first-order chi connectivity index (χ1) is 28.3. The minimum atomic E-state index is -0.321. The summed E-state index contributed by atoms with van der Waals surface area (Å²) in [6.45, 7) is 9.50. The zero-order valence-electron chi connectivity index (χ0n) is 33.1. The van der Waals surface area contributed by atoms with E-state index in [1.165, 1.54) is 103 Å². The van der Waals surface area contributed by atoms with Crippen molar-refractivity contribution < 1.29 is 42.4 Å². The third-order valence-electron chi connectivity index (χ3n) is 12.7. The van der Waals surface area contributed by atoms with Crippen LogP contribution < -0.4 is 42.4 Å². The number of hydrogen-bond acceptors (Lipinski definition) is 0. The Hall–Kier alpha value is -5.04. The molecule has 9 aromatic carbocycles. The van der Waals surface area contributed by atoms with Crippen molar-refractivity contribution in [3.8, 4) is 44.5 Å². The molecule has 9 aromatic rings. The molecule has 11 rings (SSSR count). The van der Waals surface area contributed by atoms with Gasteiger partial charge in [0.2, 0.25) is 0 Å². The van der Waals surface area contributed by atoms with Gasteiger partial charge in [0, 0.05) is 0 Å². The molecule has 0 aromatic heterocycles. The Bertz CT molecular complexity index is 2830. The zero-order valence-corrected chi connectivity index (χ0v) is 37.4. The summed E-state index contributed by atoms with van der Waals surface area (Å²) in [5.41, 5.74) is 16.6. The quantitative estimate of drug-likeness (QED) is 0.117. The Morgan fingerprint density at radius 1 is 0.293 bits per heavy atom. The van der Waals surface area contributed by atoms with Gasteiger partial charge in [-0.1, -0.05) is 0 Å². The molecular weight excluding hydrogens is 926 g/mol. The average Bonchev–Trinajstić information content (AvgIpc) is 3.62. The summed E-state index contributed by atoms with van der Waals surface area (Å²) in [6.07, 6.45) is 0. The summed E-state index contributed by atoms with van der Waals surface area (Å²) in [5.74, 6) is 0. The van der Waals surface area contributed by atoms with E-state index in [0.29, 0.717) is 0 Å². The van der Waals surface area contributed by atoms with Crippen LogP contribution in [0.15, 0.2) is 182 Å². The van der Waals surface area contributed by atoms with Crippen molar-refractivity contribution in [2.75, 3.05) is 0 Å². The number of fused-ring (bicyclic) bond motifs is 8. The Morgan fingerprint density at radius 2 is 0.603 bits per heavy atom. The monoisotopic (exact) mass is 968 g/mol. The molecule has 0 aliphatic heterocycles. The van der Waals surface area contributed by atoms with E-state index in [1.807, 2.05) is 0 Å². The minimum absolute atomic E-state index is 0.0291. The molecule has 0 unspecified atom stereocenters. The molecular formula is C56H42I2-2. The summed E-state index contributed by atoms with van der Waals surface area (Å²) in [5, 5.41) is 5.21. The van der Waals surface area contributed by atoms with Crippen molar-refractivity contribution in [2.24, 2.45) is 0 Å². The van der Waals surface area contributed by atoms with Crippen LogP contribution in [-0.2, 0) is 10.8 Å². The maximum absolute atomic E-state index is 2.50. The van der Waals surface area contributed by atoms with Crippen molar-refractivity contribution in [3.05, 3.63) is 219 Å². The molecule has 0 spiro atoms. The van der Waals surface area contributed by atoms with E-state index in [9.17, 15) is 0 Å². The summed E-state index contributed by atoms with van der Waals surface area (Å²) < 4.78 is 5.83. The van der Waals surface area contributed by atoms with Gasteiger partial charge < -0.3 is 0 Å². The van der Waals surface area contributed by atoms with E-state index in [0.717, 1.165) is 0 Å². The second-order valence-corrected chi connectivity index (χ2v) is 22.8. The summed E-state index contributed by atoms with van der Waals surface area (Å²) in [4.78, 5) is 0. The molecule has 0 amide bonds. The number of halogens is 2. The molecule has 2 heteroatoms. The average molecular weight is 969 g/mol. The van der Waals surface area contributed by atoms with E-state index < -0.39 is 0 Å². The molecule has 0 fully saturated rings. The molecule has 2 aliphatic carbocycles. The van der Waals surface area contributed by atoms with Crippen LogP contribution in [0.1, 0.15) is 49.9 Å². The second kappa shape index (κ2) is 13.8. The van der Waals surface area contributed by atoms with Crippen LogP contribution in [0.4, 0.5) is 0 Å². The Labute approximate surface area is 362 Å². The number of rotatable bonds is 6. The van der Waals surface area contributed by atoms with Gasteiger partial charge in [-0.25, -0.2) is 0 Å². The predicted octanol–water partition coefficient (Wildman–Crippen LogP) is 8.20. The van der Waals surface area contributed by atoms with E-state index in [2.05, 4.69) is 210 Å². The van der Waals surface area contributed by atoms with Crippen molar-refractivity contribution >= 4 is 21.5 Å². The molecule has 0 N–H and O–H groups in total. The van der Waals surface area contributed by atoms with Gasteiger partial charge in [-0.3, -0.25) is 0 Å². The molecule has 2 aliphatic rings. The van der Waals surface area contributed by atoms with Gasteiger partial charge in [0.25, 0.3) is 0 Å². The summed E-state index contributed by atoms with van der Waals surface area (Å²) >= 11 is -0.643. The second-order valence-electron chi connectivity index (χ2n) is 16.8. The fraction of sp³-hybridized carbons (Fsp3) is 0.107. The van der Waals surface area contributed by atoms with Crippen LogP contribution in [0.3, 0.4) is 0 Å². The third kappa shape index (κ3) is 5.73. The third-order valence-corrected chi connectivity index (χ3v) is 18.0. The SMILES string of the molecule is CC1(C)c2ccccc2-c2ccc([I-]c3ccc(-c4c5ccccc5c(-c5ccc([I-]c6ccc7c(c6)C(C)(C)c6ccccc6-7)cc5)c5ccccc45)cc3)cc21. The Balaban J connectivity index is 0.909. The van der Waals surface area contributed by atoms with Crippen LogP contribution in [0, 0.1) is 14.3 Å². The van der Waals surface area contributed by atoms with Gasteiger partial charge in [0.15, 0.2) is 0 Å². The van der Waals surface area contributed by atoms with Crippen molar-refractivity contribution in [3.63, 3.8) is 0 Å². The molecule has 58 heavy (non-hydrogen) atoms. The predicted molar refractivity (Wildman–Crippen MR) is 235 cm³/mol. The van der Waals surface area contributed by atoms with Crippen LogP contribution in [0.2, 0.25) is 0 Å². The van der Waals surface area contributed by atoms with Crippen molar-refractivity contribution in [1.29, 1.82) is 0 Å². The topological polar surface area (TPSA) is 0 Å². The molecule has 282 valence electrons. The van der Waals surface area contributed by atoms with E-state index in [1.54, 1.807) is 0 Å². The Kier molecular flexibility index (Phi) is 8.57. The van der Waals surface area contributed by atoms with Gasteiger partial charge in [0.1, 0.15) is 0 Å². The van der Waals surface area contributed by atoms with Gasteiger partial charge in [-0.15, -0.1) is 0 Å². The van der Waals surface area contributed by atoms with E-state index in [-0.39, 0.29) is 53.2 Å². The number of hydrogen-bond donors (Lipinski definition) is 0. The van der Waals surface area contributed by atoms with Crippen LogP contribution in [0.5, 0.6) is 0 Å². The molecule has 0 bridgehead atoms. The van der Waals surface area contributed by atoms with Crippen LogP contribution in [0.25, 0.3) is 66.1 Å². The first-order valence-electron chi connectivity index (χ1n) is 20.2. The van der Waals surface area contributed by atoms with E-state index in [4.69, 9.17) is 0 Å². The van der Waals surface area contributed by atoms with E-state index >= 15 is 0 Å². The molecule has 0 saturated heterocycles. The fourth-order valence-electron chi connectivity index (χ4n) is 9.83. The van der Waals surface area contributed by atoms with Gasteiger partial charge in [0.05, 0.1) is 0 Å². The Morgan fingerprint density at radius 3 is 0.983 bits per heavy atom. The first-order valence-corrected chi connectivity index (χ1v) is 24.5. The van der Waals surface area contributed by atoms with Gasteiger partial charge in [-0.2, -0.15) is 0 Å². The van der Waals surface area contributed by atoms with Crippen molar-refractivity contribution in [2.45, 2.75) is 38.5 Å². The summed E-state index contributed by atoms with van der Waals surface area (Å²) in [6, 6.07) is 69.4. The normalized spacial score (nSPS) is 14.4. The first kappa shape index (κ1) is 36.1. The van der Waals surface area contributed by atoms with Crippen LogP contribution in [-0.4, -0.2) is 0 Å². The molecule has 0 atom stereocenters. The summed E-state index contributed by atoms with van der Waals surface area (Å²) in [7, 11) is 0. The standard InChI is InChI=1S/C56H42I2/c1-55(2)49-19-11-9-13-41(49)43-31-29-39(33-51(43)55)57-37-25-21-35(22-26-37)53-45-15-5-7-17-47(45)54(48-18-8-6-16-46(48)53)36-23-27-38(28-24-36)58-40-30-32-44-42-14-10-12-20-50(42)56(3,4)52(44)34-40/h5-34H,1-4H3/q-2. The fourth-order valence-corrected chi connectivity index (χ4v) is 14.4. The van der Waals surface area contributed by atoms with Crippen molar-refractivity contribution in [1.82, 2.24) is 0 Å². The molecule has 0 heterocycles. The molecule has 0 saturated carbocycles. The molecule has 0 radical (unpaired) electrons. The maximum atomic E-state index is 2.50.